The van der Waals surface area contributed by atoms with Gasteiger partial charge in [-0.15, -0.1) is 10.2 Å². The molecule has 184 valence electrons. The predicted molar refractivity (Wildman–Crippen MR) is 121 cm³/mol. The van der Waals surface area contributed by atoms with Crippen molar-refractivity contribution in [3.05, 3.63) is 66.1 Å². The van der Waals surface area contributed by atoms with Gasteiger partial charge in [-0.3, -0.25) is 9.69 Å². The molecule has 0 atom stereocenters. The highest BCUT2D eigenvalue weighted by Crippen LogP contribution is 2.30. The molecule has 0 saturated carbocycles. The van der Waals surface area contributed by atoms with Crippen LogP contribution in [-0.2, 0) is 17.5 Å². The molecule has 1 saturated heterocycles. The molecule has 2 aromatic carbocycles. The summed E-state index contributed by atoms with van der Waals surface area (Å²) in [6, 6.07) is 15.6. The minimum Gasteiger partial charge on any atom is -0.413 e. The van der Waals surface area contributed by atoms with Crippen LogP contribution < -0.4 is 4.90 Å². The van der Waals surface area contributed by atoms with E-state index in [2.05, 4.69) is 10.2 Å². The van der Waals surface area contributed by atoms with Gasteiger partial charge >= 0.3 is 18.1 Å². The second-order valence-corrected chi connectivity index (χ2v) is 8.16. The average molecular weight is 487 g/mol. The number of carbonyl (C=O) groups excluding carboxylic acids is 2. The molecule has 1 aliphatic heterocycles. The van der Waals surface area contributed by atoms with Crippen molar-refractivity contribution in [3.8, 4) is 11.5 Å². The van der Waals surface area contributed by atoms with Crippen molar-refractivity contribution in [1.29, 1.82) is 0 Å². The van der Waals surface area contributed by atoms with Crippen LogP contribution in [0.4, 0.5) is 23.7 Å². The summed E-state index contributed by atoms with van der Waals surface area (Å²) >= 11 is 0. The van der Waals surface area contributed by atoms with Crippen molar-refractivity contribution in [3.63, 3.8) is 0 Å². The average Bonchev–Trinajstić information content (AvgIpc) is 3.22. The molecule has 11 heteroatoms. The minimum absolute atomic E-state index is 0.0112. The number of carbonyl (C=O) groups is 2. The highest BCUT2D eigenvalue weighted by atomic mass is 19.4. The molecule has 0 radical (unpaired) electrons. The number of halogens is 3. The van der Waals surface area contributed by atoms with Gasteiger partial charge in [0.1, 0.15) is 0 Å². The first kappa shape index (κ1) is 24.2. The zero-order chi connectivity index (χ0) is 25.0. The molecule has 3 amide bonds. The first-order valence-electron chi connectivity index (χ1n) is 11.1. The van der Waals surface area contributed by atoms with Gasteiger partial charge in [0, 0.05) is 44.4 Å². The number of para-hydroxylation sites is 1. The molecule has 0 bridgehead atoms. The third-order valence-electron chi connectivity index (χ3n) is 5.72. The number of benzene rings is 2. The van der Waals surface area contributed by atoms with Crippen molar-refractivity contribution in [2.75, 3.05) is 31.1 Å². The van der Waals surface area contributed by atoms with Gasteiger partial charge < -0.3 is 14.2 Å². The van der Waals surface area contributed by atoms with Crippen LogP contribution >= 0.6 is 0 Å². The van der Waals surface area contributed by atoms with E-state index in [1.165, 1.54) is 6.92 Å². The second kappa shape index (κ2) is 10.2. The number of hydrogen-bond acceptors (Lipinski definition) is 5. The molecule has 1 aliphatic rings. The van der Waals surface area contributed by atoms with E-state index in [-0.39, 0.29) is 24.4 Å². The molecule has 0 aliphatic carbocycles. The monoisotopic (exact) mass is 487 g/mol. The number of nitrogens with zero attached hydrogens (tertiary/aromatic N) is 5. The molecule has 3 aromatic rings. The van der Waals surface area contributed by atoms with Crippen molar-refractivity contribution in [2.24, 2.45) is 0 Å². The lowest BCUT2D eigenvalue weighted by Gasteiger charge is -2.30. The fraction of sp³-hybridized carbons (Fsp3) is 0.333. The smallest absolute Gasteiger partial charge is 0.413 e. The van der Waals surface area contributed by atoms with Gasteiger partial charge in [-0.2, -0.15) is 13.2 Å². The summed E-state index contributed by atoms with van der Waals surface area (Å²) in [6.45, 7) is 3.81. The number of rotatable bonds is 4. The fourth-order valence-corrected chi connectivity index (χ4v) is 3.86. The Morgan fingerprint density at radius 2 is 1.60 bits per heavy atom. The Kier molecular flexibility index (Phi) is 7.04. The summed E-state index contributed by atoms with van der Waals surface area (Å²) < 4.78 is 43.0. The molecular formula is C24H24F3N5O3. The SMILES string of the molecule is CC(=O)N1CCCN(C(=O)N(Cc2ccc(-c3nnc(C(F)(F)F)o3)cc2)c2ccccc2)CC1. The van der Waals surface area contributed by atoms with E-state index < -0.39 is 12.1 Å². The van der Waals surface area contributed by atoms with E-state index >= 15 is 0 Å². The zero-order valence-electron chi connectivity index (χ0n) is 19.0. The molecular weight excluding hydrogens is 463 g/mol. The first-order valence-corrected chi connectivity index (χ1v) is 11.1. The van der Waals surface area contributed by atoms with Crippen molar-refractivity contribution in [1.82, 2.24) is 20.0 Å². The van der Waals surface area contributed by atoms with Crippen LogP contribution in [-0.4, -0.2) is 58.1 Å². The summed E-state index contributed by atoms with van der Waals surface area (Å²) in [5.74, 6) is -1.65. The van der Waals surface area contributed by atoms with Gasteiger partial charge in [-0.05, 0) is 36.2 Å². The van der Waals surface area contributed by atoms with Gasteiger partial charge in [0.15, 0.2) is 0 Å². The normalized spacial score (nSPS) is 14.5. The number of urea groups is 1. The molecule has 35 heavy (non-hydrogen) atoms. The van der Waals surface area contributed by atoms with Crippen LogP contribution in [0.2, 0.25) is 0 Å². The van der Waals surface area contributed by atoms with Gasteiger partial charge in [0.05, 0.1) is 6.54 Å². The fourth-order valence-electron chi connectivity index (χ4n) is 3.86. The molecule has 1 fully saturated rings. The molecule has 0 spiro atoms. The molecule has 0 N–H and O–H groups in total. The Balaban J connectivity index is 1.53. The number of hydrogen-bond donors (Lipinski definition) is 0. The summed E-state index contributed by atoms with van der Waals surface area (Å²) in [4.78, 5) is 30.4. The summed E-state index contributed by atoms with van der Waals surface area (Å²) in [5, 5.41) is 6.52. The maximum Gasteiger partial charge on any atom is 0.470 e. The number of amides is 3. The van der Waals surface area contributed by atoms with Crippen molar-refractivity contribution >= 4 is 17.6 Å². The van der Waals surface area contributed by atoms with Crippen LogP contribution in [0.15, 0.2) is 59.0 Å². The van der Waals surface area contributed by atoms with E-state index in [0.717, 1.165) is 5.56 Å². The Hall–Kier alpha value is -3.89. The van der Waals surface area contributed by atoms with E-state index in [9.17, 15) is 22.8 Å². The highest BCUT2D eigenvalue weighted by molar-refractivity contribution is 5.92. The zero-order valence-corrected chi connectivity index (χ0v) is 19.0. The van der Waals surface area contributed by atoms with E-state index in [4.69, 9.17) is 4.42 Å². The molecule has 8 nitrogen and oxygen atoms in total. The van der Waals surface area contributed by atoms with E-state index in [1.807, 2.05) is 30.3 Å². The van der Waals surface area contributed by atoms with Gasteiger partial charge in [-0.1, -0.05) is 30.3 Å². The second-order valence-electron chi connectivity index (χ2n) is 8.16. The summed E-state index contributed by atoms with van der Waals surface area (Å²) in [7, 11) is 0. The van der Waals surface area contributed by atoms with Gasteiger partial charge in [-0.25, -0.2) is 4.79 Å². The highest BCUT2D eigenvalue weighted by Gasteiger charge is 2.38. The third-order valence-corrected chi connectivity index (χ3v) is 5.72. The van der Waals surface area contributed by atoms with Crippen LogP contribution in [0.1, 0.15) is 24.8 Å². The van der Waals surface area contributed by atoms with Gasteiger partial charge in [0.25, 0.3) is 0 Å². The summed E-state index contributed by atoms with van der Waals surface area (Å²) in [5.41, 5.74) is 1.81. The van der Waals surface area contributed by atoms with E-state index in [1.54, 1.807) is 39.0 Å². The van der Waals surface area contributed by atoms with Crippen LogP contribution in [0, 0.1) is 0 Å². The maximum atomic E-state index is 13.5. The standard InChI is InChI=1S/C24H24F3N5O3/c1-17(33)30-12-5-13-31(15-14-30)23(34)32(20-6-3-2-4-7-20)16-18-8-10-19(11-9-18)21-28-29-22(35-21)24(25,26)27/h2-4,6-11H,5,12-16H2,1H3. The Morgan fingerprint density at radius 3 is 2.23 bits per heavy atom. The third kappa shape index (κ3) is 5.79. The molecule has 1 aromatic heterocycles. The van der Waals surface area contributed by atoms with Crippen LogP contribution in [0.25, 0.3) is 11.5 Å². The van der Waals surface area contributed by atoms with Crippen LogP contribution in [0.5, 0.6) is 0 Å². The van der Waals surface area contributed by atoms with Crippen LogP contribution in [0.3, 0.4) is 0 Å². The van der Waals surface area contributed by atoms with Crippen molar-refractivity contribution < 1.29 is 27.2 Å². The topological polar surface area (TPSA) is 82.8 Å². The quantitative estimate of drug-likeness (QED) is 0.544. The number of alkyl halides is 3. The van der Waals surface area contributed by atoms with Gasteiger partial charge in [0.2, 0.25) is 11.8 Å². The molecule has 0 unspecified atom stereocenters. The molecule has 2 heterocycles. The Labute approximate surface area is 199 Å². The predicted octanol–water partition coefficient (Wildman–Crippen LogP) is 4.44. The lowest BCUT2D eigenvalue weighted by Crippen LogP contribution is -2.45. The first-order chi connectivity index (χ1) is 16.7. The largest absolute Gasteiger partial charge is 0.470 e. The van der Waals surface area contributed by atoms with E-state index in [0.29, 0.717) is 43.9 Å². The minimum atomic E-state index is -4.71. The number of aromatic nitrogens is 2. The summed E-state index contributed by atoms with van der Waals surface area (Å²) in [6.07, 6.45) is -4.02. The Bertz CT molecular complexity index is 1170. The lowest BCUT2D eigenvalue weighted by molar-refractivity contribution is -0.157. The molecule has 4 rings (SSSR count). The maximum absolute atomic E-state index is 13.5. The van der Waals surface area contributed by atoms with Crippen molar-refractivity contribution in [2.45, 2.75) is 26.1 Å². The lowest BCUT2D eigenvalue weighted by atomic mass is 10.1. The number of anilines is 1. The Morgan fingerprint density at radius 1 is 0.943 bits per heavy atom.